The Kier molecular flexibility index (Phi) is 8.08. The lowest BCUT2D eigenvalue weighted by Crippen LogP contribution is -2.63. The molecule has 5 unspecified atom stereocenters. The lowest BCUT2D eigenvalue weighted by molar-refractivity contribution is 0.0406. The first-order chi connectivity index (χ1) is 13.5. The summed E-state index contributed by atoms with van der Waals surface area (Å²) < 4.78 is 19.8. The van der Waals surface area contributed by atoms with E-state index in [1.165, 1.54) is 31.7 Å². The van der Waals surface area contributed by atoms with Crippen LogP contribution in [0.4, 0.5) is 0 Å². The van der Waals surface area contributed by atoms with Crippen molar-refractivity contribution in [3.05, 3.63) is 0 Å². The normalized spacial score (nSPS) is 28.6. The summed E-state index contributed by atoms with van der Waals surface area (Å²) in [6.45, 7) is 28.7. The Morgan fingerprint density at radius 3 is 2.07 bits per heavy atom. The summed E-state index contributed by atoms with van der Waals surface area (Å²) in [4.78, 5) is 0. The van der Waals surface area contributed by atoms with E-state index in [1.807, 2.05) is 0 Å². The Hall–Kier alpha value is 0.531. The molecule has 1 saturated heterocycles. The molecule has 0 aromatic heterocycles. The van der Waals surface area contributed by atoms with Gasteiger partial charge in [-0.1, -0.05) is 46.8 Å². The van der Waals surface area contributed by atoms with Crippen LogP contribution in [0.2, 0.25) is 50.4 Å². The molecule has 2 aliphatic rings. The lowest BCUT2D eigenvalue weighted by atomic mass is 9.88. The molecule has 2 fully saturated rings. The topological polar surface area (TPSA) is 31.0 Å². The molecule has 0 bridgehead atoms. The summed E-state index contributed by atoms with van der Waals surface area (Å²) in [6, 6.07) is 1.28. The van der Waals surface area contributed by atoms with Gasteiger partial charge in [0.25, 0.3) is 0 Å². The molecule has 1 aliphatic carbocycles. The standard InChI is InChI=1S/C24H52O3Si3/c1-13-24(6,29(8,9)10)27-30(11,12)23(4,5)22(2,3)26-28(7)17-16-19-14-15-20-21(18-19)25-20/h19-21,28H,13-18H2,1-12H3. The van der Waals surface area contributed by atoms with Crippen molar-refractivity contribution in [3.63, 3.8) is 0 Å². The summed E-state index contributed by atoms with van der Waals surface area (Å²) in [5, 5.41) is 0.0418. The van der Waals surface area contributed by atoms with Crippen LogP contribution in [0.5, 0.6) is 0 Å². The van der Waals surface area contributed by atoms with Gasteiger partial charge in [0.1, 0.15) is 0 Å². The highest BCUT2D eigenvalue weighted by Gasteiger charge is 2.55. The van der Waals surface area contributed by atoms with Crippen molar-refractivity contribution in [2.24, 2.45) is 5.92 Å². The molecule has 30 heavy (non-hydrogen) atoms. The molecule has 0 amide bonds. The fraction of sp³-hybridized carbons (Fsp3) is 1.00. The molecule has 1 heterocycles. The predicted octanol–water partition coefficient (Wildman–Crippen LogP) is 7.14. The molecule has 178 valence electrons. The highest BCUT2D eigenvalue weighted by molar-refractivity contribution is 6.81. The SMILES string of the molecule is CCC(C)(O[Si](C)(C)C(C)(C)C(C)(C)O[SiH](C)CCC1CCC2OC2C1)[Si](C)(C)C. The second kappa shape index (κ2) is 9.05. The Morgan fingerprint density at radius 1 is 0.967 bits per heavy atom. The van der Waals surface area contributed by atoms with Gasteiger partial charge < -0.3 is 13.6 Å². The van der Waals surface area contributed by atoms with E-state index in [4.69, 9.17) is 13.6 Å². The van der Waals surface area contributed by atoms with Gasteiger partial charge in [0.05, 0.1) is 25.9 Å². The third-order valence-corrected chi connectivity index (χ3v) is 19.9. The van der Waals surface area contributed by atoms with Gasteiger partial charge in [-0.3, -0.25) is 0 Å². The second-order valence-corrected chi connectivity index (χ2v) is 25.4. The molecule has 0 spiro atoms. The van der Waals surface area contributed by atoms with Crippen molar-refractivity contribution in [2.75, 3.05) is 0 Å². The highest BCUT2D eigenvalue weighted by Crippen LogP contribution is 2.52. The van der Waals surface area contributed by atoms with Gasteiger partial charge in [0.15, 0.2) is 17.4 Å². The summed E-state index contributed by atoms with van der Waals surface area (Å²) in [5.41, 5.74) is -0.167. The first kappa shape index (κ1) is 26.8. The number of rotatable bonds is 11. The molecule has 3 nitrogen and oxygen atoms in total. The lowest BCUT2D eigenvalue weighted by Gasteiger charge is -2.55. The zero-order valence-electron chi connectivity index (χ0n) is 22.3. The molecule has 1 aliphatic heterocycles. The average molecular weight is 473 g/mol. The van der Waals surface area contributed by atoms with Crippen LogP contribution in [0.1, 0.15) is 73.6 Å². The summed E-state index contributed by atoms with van der Waals surface area (Å²) in [6.07, 6.45) is 7.57. The Balaban J connectivity index is 2.00. The number of hydrogen-bond acceptors (Lipinski definition) is 3. The maximum absolute atomic E-state index is 7.17. The van der Waals surface area contributed by atoms with Crippen molar-refractivity contribution in [3.8, 4) is 0 Å². The van der Waals surface area contributed by atoms with Crippen LogP contribution in [0.25, 0.3) is 0 Å². The van der Waals surface area contributed by atoms with E-state index in [2.05, 4.69) is 80.8 Å². The van der Waals surface area contributed by atoms with Gasteiger partial charge >= 0.3 is 0 Å². The molecule has 0 aromatic carbocycles. The van der Waals surface area contributed by atoms with Crippen LogP contribution in [-0.4, -0.2) is 48.5 Å². The molecule has 6 heteroatoms. The van der Waals surface area contributed by atoms with Gasteiger partial charge in [-0.2, -0.15) is 0 Å². The van der Waals surface area contributed by atoms with E-state index in [0.717, 1.165) is 12.3 Å². The smallest absolute Gasteiger partial charge is 0.195 e. The fourth-order valence-electron chi connectivity index (χ4n) is 5.10. The summed E-state index contributed by atoms with van der Waals surface area (Å²) in [5.74, 6) is 0.861. The maximum Gasteiger partial charge on any atom is 0.195 e. The minimum absolute atomic E-state index is 0.0167. The van der Waals surface area contributed by atoms with E-state index in [1.54, 1.807) is 0 Å². The van der Waals surface area contributed by atoms with Crippen LogP contribution >= 0.6 is 0 Å². The molecular weight excluding hydrogens is 421 g/mol. The van der Waals surface area contributed by atoms with Crippen LogP contribution in [0, 0.1) is 5.92 Å². The van der Waals surface area contributed by atoms with Gasteiger partial charge in [-0.25, -0.2) is 0 Å². The zero-order chi connectivity index (χ0) is 23.2. The molecule has 0 radical (unpaired) electrons. The van der Waals surface area contributed by atoms with Crippen LogP contribution in [0.3, 0.4) is 0 Å². The number of ether oxygens (including phenoxy) is 1. The van der Waals surface area contributed by atoms with Gasteiger partial charge in [0.2, 0.25) is 0 Å². The van der Waals surface area contributed by atoms with Gasteiger partial charge in [-0.05, 0) is 78.1 Å². The van der Waals surface area contributed by atoms with Crippen LogP contribution in [0.15, 0.2) is 0 Å². The summed E-state index contributed by atoms with van der Waals surface area (Å²) in [7, 11) is -4.73. The van der Waals surface area contributed by atoms with E-state index < -0.39 is 25.4 Å². The molecule has 1 saturated carbocycles. The van der Waals surface area contributed by atoms with Gasteiger partial charge in [0, 0.05) is 10.3 Å². The van der Waals surface area contributed by atoms with Crippen molar-refractivity contribution in [1.82, 2.24) is 0 Å². The average Bonchev–Trinajstić information content (AvgIpc) is 3.36. The van der Waals surface area contributed by atoms with Crippen LogP contribution < -0.4 is 0 Å². The number of hydrogen-bond donors (Lipinski definition) is 0. The Morgan fingerprint density at radius 2 is 1.57 bits per heavy atom. The molecule has 2 rings (SSSR count). The van der Waals surface area contributed by atoms with Gasteiger partial charge in [-0.15, -0.1) is 0 Å². The quantitative estimate of drug-likeness (QED) is 0.236. The van der Waals surface area contributed by atoms with E-state index in [0.29, 0.717) is 12.2 Å². The maximum atomic E-state index is 7.17. The monoisotopic (exact) mass is 472 g/mol. The number of epoxide rings is 1. The van der Waals surface area contributed by atoms with Crippen molar-refractivity contribution in [2.45, 2.75) is 147 Å². The predicted molar refractivity (Wildman–Crippen MR) is 138 cm³/mol. The minimum atomic E-state index is -2.04. The number of fused-ring (bicyclic) bond motifs is 1. The first-order valence-electron chi connectivity index (χ1n) is 12.5. The highest BCUT2D eigenvalue weighted by atomic mass is 28.4. The summed E-state index contributed by atoms with van der Waals surface area (Å²) >= 11 is 0. The fourth-order valence-corrected chi connectivity index (χ4v) is 13.7. The third-order valence-electron chi connectivity index (χ3n) is 9.34. The molecule has 0 N–H and O–H groups in total. The zero-order valence-corrected chi connectivity index (χ0v) is 25.4. The van der Waals surface area contributed by atoms with Crippen molar-refractivity contribution < 1.29 is 13.6 Å². The van der Waals surface area contributed by atoms with E-state index in [9.17, 15) is 0 Å². The van der Waals surface area contributed by atoms with Crippen molar-refractivity contribution in [1.29, 1.82) is 0 Å². The Labute approximate surface area is 191 Å². The van der Waals surface area contributed by atoms with Crippen molar-refractivity contribution >= 4 is 25.4 Å². The molecular formula is C24H52O3Si3. The molecule has 0 aromatic rings. The largest absolute Gasteiger partial charge is 0.415 e. The van der Waals surface area contributed by atoms with E-state index >= 15 is 0 Å². The molecule has 5 atom stereocenters. The third kappa shape index (κ3) is 5.71. The Bertz CT molecular complexity index is 585. The minimum Gasteiger partial charge on any atom is -0.415 e. The van der Waals surface area contributed by atoms with E-state index in [-0.39, 0.29) is 15.9 Å². The first-order valence-corrected chi connectivity index (χ1v) is 21.3. The second-order valence-electron chi connectivity index (χ2n) is 13.0. The van der Waals surface area contributed by atoms with Crippen LogP contribution in [-0.2, 0) is 13.6 Å².